The van der Waals surface area contributed by atoms with Crippen molar-refractivity contribution in [3.05, 3.63) is 29.3 Å². The van der Waals surface area contributed by atoms with Crippen molar-refractivity contribution in [2.45, 2.75) is 45.3 Å². The molecule has 2 rings (SSSR count). The summed E-state index contributed by atoms with van der Waals surface area (Å²) in [7, 11) is 0. The molecule has 0 aromatic heterocycles. The van der Waals surface area contributed by atoms with Gasteiger partial charge in [0.25, 0.3) is 5.91 Å². The molecule has 1 heterocycles. The molecule has 3 N–H and O–H groups in total. The summed E-state index contributed by atoms with van der Waals surface area (Å²) in [6.07, 6.45) is 2.38. The Morgan fingerprint density at radius 3 is 2.95 bits per heavy atom. The zero-order valence-electron chi connectivity index (χ0n) is 11.6. The van der Waals surface area contributed by atoms with E-state index in [-0.39, 0.29) is 11.9 Å². The van der Waals surface area contributed by atoms with Gasteiger partial charge < -0.3 is 15.8 Å². The maximum Gasteiger partial charge on any atom is 0.261 e. The minimum absolute atomic E-state index is 0.0189. The maximum atomic E-state index is 11.9. The van der Waals surface area contributed by atoms with E-state index in [9.17, 15) is 4.79 Å². The average molecular weight is 262 g/mol. The van der Waals surface area contributed by atoms with Gasteiger partial charge in [-0.1, -0.05) is 12.1 Å². The van der Waals surface area contributed by atoms with Crippen molar-refractivity contribution < 1.29 is 9.53 Å². The van der Waals surface area contributed by atoms with Gasteiger partial charge in [-0.2, -0.15) is 0 Å². The fourth-order valence-electron chi connectivity index (χ4n) is 2.30. The van der Waals surface area contributed by atoms with Crippen LogP contribution in [0.15, 0.2) is 18.2 Å². The van der Waals surface area contributed by atoms with Crippen LogP contribution >= 0.6 is 0 Å². The molecule has 1 aliphatic heterocycles. The molecule has 4 heteroatoms. The van der Waals surface area contributed by atoms with E-state index in [1.807, 2.05) is 32.0 Å². The smallest absolute Gasteiger partial charge is 0.261 e. The summed E-state index contributed by atoms with van der Waals surface area (Å²) in [5, 5.41) is 2.88. The lowest BCUT2D eigenvalue weighted by Crippen LogP contribution is -2.36. The van der Waals surface area contributed by atoms with Crippen LogP contribution in [0, 0.1) is 6.92 Å². The molecule has 2 atom stereocenters. The second kappa shape index (κ2) is 6.06. The molecule has 1 saturated heterocycles. The van der Waals surface area contributed by atoms with Gasteiger partial charge in [-0.25, -0.2) is 0 Å². The van der Waals surface area contributed by atoms with Crippen molar-refractivity contribution in [1.82, 2.24) is 5.32 Å². The average Bonchev–Trinajstić information content (AvgIpc) is 2.55. The molecule has 2 unspecified atom stereocenters. The first-order valence-corrected chi connectivity index (χ1v) is 6.88. The molecule has 1 fully saturated rings. The summed E-state index contributed by atoms with van der Waals surface area (Å²) in [6, 6.07) is 5.84. The van der Waals surface area contributed by atoms with Crippen molar-refractivity contribution in [1.29, 1.82) is 0 Å². The number of carbonyl (C=O) groups excluding carboxylic acids is 1. The lowest BCUT2D eigenvalue weighted by atomic mass is 10.1. The molecular formula is C15H22N2O2. The molecule has 0 spiro atoms. The standard InChI is InChI=1S/C15H22N2O2/c1-10-6-7-12(11(2)16)14(9-10)19-13-5-3-4-8-17-15(13)18/h6-7,9,11,13H,3-5,8,16H2,1-2H3,(H,17,18). The van der Waals surface area contributed by atoms with Crippen LogP contribution in [0.2, 0.25) is 0 Å². The molecule has 104 valence electrons. The zero-order valence-corrected chi connectivity index (χ0v) is 11.6. The van der Waals surface area contributed by atoms with Crippen LogP contribution in [0.3, 0.4) is 0 Å². The fraction of sp³-hybridized carbons (Fsp3) is 0.533. The largest absolute Gasteiger partial charge is 0.480 e. The van der Waals surface area contributed by atoms with E-state index in [1.165, 1.54) is 0 Å². The topological polar surface area (TPSA) is 64.3 Å². The highest BCUT2D eigenvalue weighted by atomic mass is 16.5. The molecule has 0 bridgehead atoms. The van der Waals surface area contributed by atoms with Crippen molar-refractivity contribution >= 4 is 5.91 Å². The third-order valence-electron chi connectivity index (χ3n) is 3.41. The predicted octanol–water partition coefficient (Wildman–Crippen LogP) is 2.06. The Balaban J connectivity index is 2.21. The van der Waals surface area contributed by atoms with Gasteiger partial charge in [0.05, 0.1) is 0 Å². The number of carbonyl (C=O) groups is 1. The summed E-state index contributed by atoms with van der Waals surface area (Å²) in [5.74, 6) is 0.715. The Labute approximate surface area is 114 Å². The number of hydrogen-bond donors (Lipinski definition) is 2. The molecule has 1 amide bonds. The second-order valence-electron chi connectivity index (χ2n) is 5.22. The number of aryl methyl sites for hydroxylation is 1. The molecule has 1 aliphatic rings. The Bertz CT molecular complexity index is 457. The van der Waals surface area contributed by atoms with Crippen molar-refractivity contribution in [3.8, 4) is 5.75 Å². The van der Waals surface area contributed by atoms with Crippen LogP contribution < -0.4 is 15.8 Å². The van der Waals surface area contributed by atoms with E-state index in [0.29, 0.717) is 0 Å². The summed E-state index contributed by atoms with van der Waals surface area (Å²) in [5.41, 5.74) is 8.01. The SMILES string of the molecule is Cc1ccc(C(C)N)c(OC2CCCCNC2=O)c1. The Hall–Kier alpha value is -1.55. The summed E-state index contributed by atoms with van der Waals surface area (Å²) >= 11 is 0. The molecule has 0 saturated carbocycles. The van der Waals surface area contributed by atoms with E-state index in [1.54, 1.807) is 0 Å². The van der Waals surface area contributed by atoms with Crippen molar-refractivity contribution in [2.24, 2.45) is 5.73 Å². The molecule has 0 radical (unpaired) electrons. The van der Waals surface area contributed by atoms with Crippen LogP contribution in [-0.4, -0.2) is 18.6 Å². The third kappa shape index (κ3) is 3.47. The van der Waals surface area contributed by atoms with Gasteiger partial charge in [-0.3, -0.25) is 4.79 Å². The Morgan fingerprint density at radius 2 is 2.21 bits per heavy atom. The fourth-order valence-corrected chi connectivity index (χ4v) is 2.30. The number of nitrogens with one attached hydrogen (secondary N) is 1. The van der Waals surface area contributed by atoms with E-state index < -0.39 is 6.10 Å². The van der Waals surface area contributed by atoms with Crippen LogP contribution in [0.5, 0.6) is 5.75 Å². The minimum atomic E-state index is -0.401. The molecule has 1 aromatic carbocycles. The van der Waals surface area contributed by atoms with E-state index in [0.717, 1.165) is 42.7 Å². The van der Waals surface area contributed by atoms with Crippen molar-refractivity contribution in [3.63, 3.8) is 0 Å². The monoisotopic (exact) mass is 262 g/mol. The predicted molar refractivity (Wildman–Crippen MR) is 75.1 cm³/mol. The minimum Gasteiger partial charge on any atom is -0.480 e. The molecule has 19 heavy (non-hydrogen) atoms. The lowest BCUT2D eigenvalue weighted by Gasteiger charge is -2.20. The quantitative estimate of drug-likeness (QED) is 0.876. The van der Waals surface area contributed by atoms with Gasteiger partial charge in [-0.05, 0) is 44.7 Å². The molecule has 0 aliphatic carbocycles. The van der Waals surface area contributed by atoms with Gasteiger partial charge in [0.1, 0.15) is 5.75 Å². The summed E-state index contributed by atoms with van der Waals surface area (Å²) in [6.45, 7) is 4.67. The molecular weight excluding hydrogens is 240 g/mol. The Kier molecular flexibility index (Phi) is 4.43. The van der Waals surface area contributed by atoms with Crippen molar-refractivity contribution in [2.75, 3.05) is 6.54 Å². The highest BCUT2D eigenvalue weighted by Crippen LogP contribution is 2.27. The van der Waals surface area contributed by atoms with Crippen LogP contribution in [0.4, 0.5) is 0 Å². The number of amides is 1. The number of rotatable bonds is 3. The van der Waals surface area contributed by atoms with Crippen LogP contribution in [-0.2, 0) is 4.79 Å². The van der Waals surface area contributed by atoms with Crippen LogP contribution in [0.25, 0.3) is 0 Å². The summed E-state index contributed by atoms with van der Waals surface area (Å²) in [4.78, 5) is 11.9. The lowest BCUT2D eigenvalue weighted by molar-refractivity contribution is -0.127. The molecule has 1 aromatic rings. The van der Waals surface area contributed by atoms with Gasteiger partial charge >= 0.3 is 0 Å². The molecule has 4 nitrogen and oxygen atoms in total. The number of hydrogen-bond acceptors (Lipinski definition) is 3. The van der Waals surface area contributed by atoms with E-state index in [4.69, 9.17) is 10.5 Å². The van der Waals surface area contributed by atoms with Gasteiger partial charge in [-0.15, -0.1) is 0 Å². The first-order valence-electron chi connectivity index (χ1n) is 6.88. The van der Waals surface area contributed by atoms with Gasteiger partial charge in [0.2, 0.25) is 0 Å². The van der Waals surface area contributed by atoms with E-state index in [2.05, 4.69) is 5.32 Å². The number of benzene rings is 1. The maximum absolute atomic E-state index is 11.9. The van der Waals surface area contributed by atoms with Gasteiger partial charge in [0, 0.05) is 18.2 Å². The van der Waals surface area contributed by atoms with Gasteiger partial charge in [0.15, 0.2) is 6.10 Å². The first-order chi connectivity index (χ1) is 9.08. The van der Waals surface area contributed by atoms with Crippen LogP contribution in [0.1, 0.15) is 43.4 Å². The third-order valence-corrected chi connectivity index (χ3v) is 3.41. The highest BCUT2D eigenvalue weighted by Gasteiger charge is 2.23. The first kappa shape index (κ1) is 13.9. The second-order valence-corrected chi connectivity index (χ2v) is 5.22. The van der Waals surface area contributed by atoms with E-state index >= 15 is 0 Å². The zero-order chi connectivity index (χ0) is 13.8. The number of nitrogens with two attached hydrogens (primary N) is 1. The number of ether oxygens (including phenoxy) is 1. The highest BCUT2D eigenvalue weighted by molar-refractivity contribution is 5.81. The summed E-state index contributed by atoms with van der Waals surface area (Å²) < 4.78 is 5.93. The normalized spacial score (nSPS) is 21.4. The Morgan fingerprint density at radius 1 is 1.42 bits per heavy atom.